The second kappa shape index (κ2) is 7.02. The van der Waals surface area contributed by atoms with Gasteiger partial charge in [-0.1, -0.05) is 38.1 Å². The number of benzene rings is 1. The summed E-state index contributed by atoms with van der Waals surface area (Å²) in [7, 11) is -3.55. The Morgan fingerprint density at radius 2 is 1.81 bits per heavy atom. The van der Waals surface area contributed by atoms with Crippen LogP contribution < -0.4 is 5.32 Å². The number of aldehydes is 1. The Morgan fingerprint density at radius 3 is 2.23 bits per heavy atom. The molecule has 7 heteroatoms. The number of ether oxygens (including phenoxy) is 1. The van der Waals surface area contributed by atoms with Crippen LogP contribution in [0.4, 0.5) is 4.79 Å². The van der Waals surface area contributed by atoms with Gasteiger partial charge in [-0.05, 0) is 38.3 Å². The largest absolute Gasteiger partial charge is 0.444 e. The second-order valence-corrected chi connectivity index (χ2v) is 10.0. The van der Waals surface area contributed by atoms with E-state index in [-0.39, 0.29) is 5.75 Å². The van der Waals surface area contributed by atoms with E-state index in [1.54, 1.807) is 20.8 Å². The quantitative estimate of drug-likeness (QED) is 0.765. The van der Waals surface area contributed by atoms with Gasteiger partial charge in [0.25, 0.3) is 0 Å². The van der Waals surface area contributed by atoms with E-state index in [4.69, 9.17) is 4.74 Å². The van der Waals surface area contributed by atoms with Crippen LogP contribution in [0.25, 0.3) is 0 Å². The molecule has 0 radical (unpaired) electrons. The minimum Gasteiger partial charge on any atom is -0.444 e. The summed E-state index contributed by atoms with van der Waals surface area (Å²) in [6.07, 6.45) is 0.595. The van der Waals surface area contributed by atoms with Gasteiger partial charge >= 0.3 is 6.09 Å². The summed E-state index contributed by atoms with van der Waals surface area (Å²) >= 11 is 0. The standard InChI is InChI=1S/C19H27NO5S/c1-6-13-8-10-14(11-9-13)15-16(26(23,24)7-2)19(15,12-21)20-17(22)25-18(3,4)5/h8-12,15-16H,6-7H2,1-5H3,(H,20,22)/t15-,16+,19+/m1/s1. The molecule has 3 atom stereocenters. The number of aryl methyl sites for hydroxylation is 1. The Labute approximate surface area is 155 Å². The molecular weight excluding hydrogens is 354 g/mol. The molecule has 144 valence electrons. The van der Waals surface area contributed by atoms with Gasteiger partial charge in [0.1, 0.15) is 22.7 Å². The predicted octanol–water partition coefficient (Wildman–Crippen LogP) is 2.61. The number of sulfone groups is 1. The van der Waals surface area contributed by atoms with Crippen molar-refractivity contribution >= 4 is 22.2 Å². The third-order valence-corrected chi connectivity index (χ3v) is 6.87. The van der Waals surface area contributed by atoms with Gasteiger partial charge in [-0.25, -0.2) is 13.2 Å². The highest BCUT2D eigenvalue weighted by Gasteiger charge is 2.72. The number of hydrogen-bond donors (Lipinski definition) is 1. The average Bonchev–Trinajstić information content (AvgIpc) is 3.22. The fourth-order valence-electron chi connectivity index (χ4n) is 3.27. The summed E-state index contributed by atoms with van der Waals surface area (Å²) in [6.45, 7) is 8.67. The van der Waals surface area contributed by atoms with Crippen molar-refractivity contribution in [2.45, 2.75) is 63.3 Å². The van der Waals surface area contributed by atoms with Crippen LogP contribution in [0.5, 0.6) is 0 Å². The normalized spacial score (nSPS) is 25.4. The molecule has 1 amide bonds. The lowest BCUT2D eigenvalue weighted by Crippen LogP contribution is -2.45. The first-order valence-corrected chi connectivity index (χ1v) is 10.5. The summed E-state index contributed by atoms with van der Waals surface area (Å²) in [6, 6.07) is 7.46. The first kappa shape index (κ1) is 20.4. The first-order chi connectivity index (χ1) is 12.0. The molecule has 0 saturated heterocycles. The second-order valence-electron chi connectivity index (χ2n) is 7.62. The fourth-order valence-corrected chi connectivity index (χ4v) is 5.20. The SMILES string of the molecule is CCc1ccc([C@@H]2[C@H](S(=O)(=O)CC)[C@@]2(C=O)NC(=O)OC(C)(C)C)cc1. The molecule has 6 nitrogen and oxygen atoms in total. The van der Waals surface area contributed by atoms with Crippen molar-refractivity contribution in [3.05, 3.63) is 35.4 Å². The number of carbonyl (C=O) groups excluding carboxylic acids is 2. The van der Waals surface area contributed by atoms with Crippen molar-refractivity contribution in [3.63, 3.8) is 0 Å². The van der Waals surface area contributed by atoms with E-state index >= 15 is 0 Å². The van der Waals surface area contributed by atoms with Crippen LogP contribution >= 0.6 is 0 Å². The van der Waals surface area contributed by atoms with E-state index in [0.717, 1.165) is 12.0 Å². The molecule has 0 heterocycles. The molecule has 0 unspecified atom stereocenters. The highest BCUT2D eigenvalue weighted by Crippen LogP contribution is 2.55. The van der Waals surface area contributed by atoms with Crippen LogP contribution in [-0.4, -0.2) is 42.9 Å². The Balaban J connectivity index is 2.39. The van der Waals surface area contributed by atoms with Crippen LogP contribution in [-0.2, 0) is 25.8 Å². The topological polar surface area (TPSA) is 89.5 Å². The van der Waals surface area contributed by atoms with Crippen LogP contribution in [0.15, 0.2) is 24.3 Å². The molecular formula is C19H27NO5S. The van der Waals surface area contributed by atoms with Gasteiger partial charge in [0.2, 0.25) is 0 Å². The zero-order chi connectivity index (χ0) is 19.8. The van der Waals surface area contributed by atoms with Gasteiger partial charge in [0.15, 0.2) is 9.84 Å². The molecule has 0 bridgehead atoms. The summed E-state index contributed by atoms with van der Waals surface area (Å²) in [4.78, 5) is 24.2. The van der Waals surface area contributed by atoms with Crippen LogP contribution in [0.1, 0.15) is 51.7 Å². The fraction of sp³-hybridized carbons (Fsp3) is 0.579. The summed E-state index contributed by atoms with van der Waals surface area (Å²) in [5, 5.41) is 1.54. The van der Waals surface area contributed by atoms with E-state index in [0.29, 0.717) is 11.8 Å². The van der Waals surface area contributed by atoms with E-state index < -0.39 is 38.2 Å². The molecule has 26 heavy (non-hydrogen) atoms. The van der Waals surface area contributed by atoms with Crippen molar-refractivity contribution < 1.29 is 22.7 Å². The van der Waals surface area contributed by atoms with Crippen molar-refractivity contribution in [2.75, 3.05) is 5.75 Å². The van der Waals surface area contributed by atoms with E-state index in [1.807, 2.05) is 31.2 Å². The predicted molar refractivity (Wildman–Crippen MR) is 100.0 cm³/mol. The van der Waals surface area contributed by atoms with E-state index in [1.165, 1.54) is 6.92 Å². The molecule has 1 aromatic rings. The lowest BCUT2D eigenvalue weighted by Gasteiger charge is -2.22. The minimum atomic E-state index is -3.55. The number of hydrogen-bond acceptors (Lipinski definition) is 5. The Kier molecular flexibility index (Phi) is 5.52. The van der Waals surface area contributed by atoms with E-state index in [2.05, 4.69) is 5.32 Å². The lowest BCUT2D eigenvalue weighted by atomic mass is 10.0. The Bertz CT molecular complexity index is 779. The maximum atomic E-state index is 12.6. The molecule has 1 aliphatic rings. The smallest absolute Gasteiger partial charge is 0.408 e. The van der Waals surface area contributed by atoms with Gasteiger partial charge in [-0.3, -0.25) is 0 Å². The highest BCUT2D eigenvalue weighted by molar-refractivity contribution is 7.92. The summed E-state index contributed by atoms with van der Waals surface area (Å²) in [5.41, 5.74) is -0.417. The molecule has 1 aliphatic carbocycles. The molecule has 0 spiro atoms. The average molecular weight is 381 g/mol. The van der Waals surface area contributed by atoms with E-state index in [9.17, 15) is 18.0 Å². The third kappa shape index (κ3) is 3.92. The molecule has 2 rings (SSSR count). The van der Waals surface area contributed by atoms with Gasteiger partial charge in [-0.2, -0.15) is 0 Å². The van der Waals surface area contributed by atoms with Crippen molar-refractivity contribution in [1.29, 1.82) is 0 Å². The zero-order valence-electron chi connectivity index (χ0n) is 15.9. The van der Waals surface area contributed by atoms with Crippen molar-refractivity contribution in [1.82, 2.24) is 5.32 Å². The van der Waals surface area contributed by atoms with Crippen LogP contribution in [0.2, 0.25) is 0 Å². The van der Waals surface area contributed by atoms with Gasteiger partial charge in [-0.15, -0.1) is 0 Å². The molecule has 1 saturated carbocycles. The number of carbonyl (C=O) groups is 2. The minimum absolute atomic E-state index is 0.104. The molecule has 1 fully saturated rings. The third-order valence-electron chi connectivity index (χ3n) is 4.63. The maximum Gasteiger partial charge on any atom is 0.408 e. The Morgan fingerprint density at radius 1 is 1.23 bits per heavy atom. The zero-order valence-corrected chi connectivity index (χ0v) is 16.7. The maximum absolute atomic E-state index is 12.6. The highest BCUT2D eigenvalue weighted by atomic mass is 32.2. The number of alkyl carbamates (subject to hydrolysis) is 1. The molecule has 1 aromatic carbocycles. The summed E-state index contributed by atoms with van der Waals surface area (Å²) < 4.78 is 30.3. The van der Waals surface area contributed by atoms with Gasteiger partial charge in [0.05, 0.1) is 0 Å². The monoisotopic (exact) mass is 381 g/mol. The van der Waals surface area contributed by atoms with Gasteiger partial charge < -0.3 is 14.8 Å². The summed E-state index contributed by atoms with van der Waals surface area (Å²) in [5.74, 6) is -0.726. The van der Waals surface area contributed by atoms with Gasteiger partial charge in [0, 0.05) is 11.7 Å². The molecule has 0 aromatic heterocycles. The first-order valence-electron chi connectivity index (χ1n) is 8.78. The lowest BCUT2D eigenvalue weighted by molar-refractivity contribution is -0.110. The Hall–Kier alpha value is -1.89. The number of rotatable bonds is 6. The number of amides is 1. The van der Waals surface area contributed by atoms with Crippen LogP contribution in [0, 0.1) is 0 Å². The van der Waals surface area contributed by atoms with Crippen LogP contribution in [0.3, 0.4) is 0 Å². The number of nitrogens with one attached hydrogen (secondary N) is 1. The molecule has 1 N–H and O–H groups in total. The van der Waals surface area contributed by atoms with Crippen molar-refractivity contribution in [2.24, 2.45) is 0 Å². The molecule has 0 aliphatic heterocycles. The van der Waals surface area contributed by atoms with Crippen molar-refractivity contribution in [3.8, 4) is 0 Å².